The lowest BCUT2D eigenvalue weighted by Crippen LogP contribution is -2.11. The summed E-state index contributed by atoms with van der Waals surface area (Å²) in [5, 5.41) is 11.5. The summed E-state index contributed by atoms with van der Waals surface area (Å²) >= 11 is 3.21. The average Bonchev–Trinajstić information content (AvgIpc) is 2.85. The van der Waals surface area contributed by atoms with E-state index >= 15 is 0 Å². The smallest absolute Gasteiger partial charge is 0.335 e. The molecule has 0 bridgehead atoms. The van der Waals surface area contributed by atoms with Crippen LogP contribution in [0.1, 0.15) is 20.7 Å². The number of carbonyl (C=O) groups is 2. The SMILES string of the molecule is O=C(O)c1ccc(NC(=O)c2ccoc2)c(Br)c1. The number of amides is 1. The van der Waals surface area contributed by atoms with Crippen molar-refractivity contribution >= 4 is 33.5 Å². The van der Waals surface area contributed by atoms with Crippen molar-refractivity contribution in [3.05, 3.63) is 52.4 Å². The fraction of sp³-hybridized carbons (Fsp3) is 0. The monoisotopic (exact) mass is 309 g/mol. The minimum absolute atomic E-state index is 0.142. The maximum atomic E-state index is 11.7. The highest BCUT2D eigenvalue weighted by Crippen LogP contribution is 2.24. The summed E-state index contributed by atoms with van der Waals surface area (Å²) in [4.78, 5) is 22.5. The standard InChI is InChI=1S/C12H8BrNO4/c13-9-5-7(12(16)17)1-2-10(9)14-11(15)8-3-4-18-6-8/h1-6H,(H,14,15)(H,16,17). The molecule has 0 unspecified atom stereocenters. The molecule has 0 spiro atoms. The zero-order valence-electron chi connectivity index (χ0n) is 9.01. The molecule has 2 rings (SSSR count). The van der Waals surface area contributed by atoms with Gasteiger partial charge in [-0.25, -0.2) is 4.79 Å². The molecule has 1 heterocycles. The van der Waals surface area contributed by atoms with Crippen LogP contribution < -0.4 is 5.32 Å². The Morgan fingerprint density at radius 1 is 1.22 bits per heavy atom. The molecule has 1 aromatic carbocycles. The van der Waals surface area contributed by atoms with E-state index in [1.165, 1.54) is 36.8 Å². The van der Waals surface area contributed by atoms with Crippen molar-refractivity contribution in [3.63, 3.8) is 0 Å². The van der Waals surface area contributed by atoms with Crippen LogP contribution in [-0.2, 0) is 0 Å². The van der Waals surface area contributed by atoms with E-state index in [2.05, 4.69) is 21.2 Å². The molecule has 6 heteroatoms. The Bertz CT molecular complexity index is 592. The first-order valence-corrected chi connectivity index (χ1v) is 5.73. The van der Waals surface area contributed by atoms with Gasteiger partial charge in [-0.2, -0.15) is 0 Å². The van der Waals surface area contributed by atoms with Gasteiger partial charge < -0.3 is 14.8 Å². The normalized spacial score (nSPS) is 10.1. The number of furan rings is 1. The molecular weight excluding hydrogens is 302 g/mol. The van der Waals surface area contributed by atoms with Crippen LogP contribution in [0.2, 0.25) is 0 Å². The first kappa shape index (κ1) is 12.4. The van der Waals surface area contributed by atoms with Crippen molar-refractivity contribution in [1.82, 2.24) is 0 Å². The van der Waals surface area contributed by atoms with Crippen molar-refractivity contribution in [2.24, 2.45) is 0 Å². The molecule has 0 saturated heterocycles. The highest BCUT2D eigenvalue weighted by Gasteiger charge is 2.11. The van der Waals surface area contributed by atoms with Crippen LogP contribution in [0.5, 0.6) is 0 Å². The van der Waals surface area contributed by atoms with Crippen molar-refractivity contribution in [2.45, 2.75) is 0 Å². The number of hydrogen-bond donors (Lipinski definition) is 2. The van der Waals surface area contributed by atoms with Gasteiger partial charge in [-0.3, -0.25) is 4.79 Å². The van der Waals surface area contributed by atoms with Crippen LogP contribution in [0.4, 0.5) is 5.69 Å². The largest absolute Gasteiger partial charge is 0.478 e. The van der Waals surface area contributed by atoms with E-state index in [4.69, 9.17) is 9.52 Å². The zero-order chi connectivity index (χ0) is 13.1. The van der Waals surface area contributed by atoms with Crippen LogP contribution >= 0.6 is 15.9 Å². The third-order valence-corrected chi connectivity index (χ3v) is 2.90. The second-order valence-corrected chi connectivity index (χ2v) is 4.32. The van der Waals surface area contributed by atoms with Gasteiger partial charge in [-0.15, -0.1) is 0 Å². The summed E-state index contributed by atoms with van der Waals surface area (Å²) in [5.74, 6) is -1.35. The maximum Gasteiger partial charge on any atom is 0.335 e. The molecule has 92 valence electrons. The highest BCUT2D eigenvalue weighted by molar-refractivity contribution is 9.10. The lowest BCUT2D eigenvalue weighted by atomic mass is 10.2. The molecule has 18 heavy (non-hydrogen) atoms. The van der Waals surface area contributed by atoms with Gasteiger partial charge in [0.1, 0.15) is 6.26 Å². The minimum atomic E-state index is -1.02. The number of carboxylic acid groups (broad SMARTS) is 1. The second kappa shape index (κ2) is 5.05. The van der Waals surface area contributed by atoms with Gasteiger partial charge >= 0.3 is 5.97 Å². The predicted molar refractivity (Wildman–Crippen MR) is 67.8 cm³/mol. The number of rotatable bonds is 3. The van der Waals surface area contributed by atoms with Crippen LogP contribution in [0.15, 0.2) is 45.7 Å². The molecule has 0 aliphatic heterocycles. The summed E-state index contributed by atoms with van der Waals surface area (Å²) in [6, 6.07) is 5.89. The first-order valence-electron chi connectivity index (χ1n) is 4.94. The molecule has 0 saturated carbocycles. The van der Waals surface area contributed by atoms with E-state index in [9.17, 15) is 9.59 Å². The number of benzene rings is 1. The highest BCUT2D eigenvalue weighted by atomic mass is 79.9. The third kappa shape index (κ3) is 2.60. The van der Waals surface area contributed by atoms with Crippen LogP contribution in [-0.4, -0.2) is 17.0 Å². The van der Waals surface area contributed by atoms with Crippen molar-refractivity contribution in [1.29, 1.82) is 0 Å². The van der Waals surface area contributed by atoms with E-state index in [0.717, 1.165) is 0 Å². The summed E-state index contributed by atoms with van der Waals surface area (Å²) in [5.41, 5.74) is 1.03. The molecule has 0 aliphatic carbocycles. The van der Waals surface area contributed by atoms with Crippen LogP contribution in [0.25, 0.3) is 0 Å². The number of halogens is 1. The molecule has 0 atom stereocenters. The van der Waals surface area contributed by atoms with Gasteiger partial charge in [0.05, 0.1) is 23.1 Å². The summed E-state index contributed by atoms with van der Waals surface area (Å²) in [6.45, 7) is 0. The number of carboxylic acids is 1. The lowest BCUT2D eigenvalue weighted by molar-refractivity contribution is 0.0696. The Balaban J connectivity index is 2.20. The molecule has 0 aliphatic rings. The predicted octanol–water partition coefficient (Wildman–Crippen LogP) is 2.99. The number of aromatic carboxylic acids is 1. The summed E-state index contributed by atoms with van der Waals surface area (Å²) in [7, 11) is 0. The molecule has 2 aromatic rings. The summed E-state index contributed by atoms with van der Waals surface area (Å²) < 4.78 is 5.30. The molecule has 0 radical (unpaired) electrons. The Morgan fingerprint density at radius 2 is 2.00 bits per heavy atom. The second-order valence-electron chi connectivity index (χ2n) is 3.47. The van der Waals surface area contributed by atoms with Gasteiger partial charge in [-0.1, -0.05) is 0 Å². The van der Waals surface area contributed by atoms with Gasteiger partial charge in [0, 0.05) is 4.47 Å². The van der Waals surface area contributed by atoms with Crippen molar-refractivity contribution < 1.29 is 19.1 Å². The number of nitrogens with one attached hydrogen (secondary N) is 1. The van der Waals surface area contributed by atoms with Gasteiger partial charge in [0.25, 0.3) is 5.91 Å². The van der Waals surface area contributed by atoms with Gasteiger partial charge in [-0.05, 0) is 40.2 Å². The Morgan fingerprint density at radius 3 is 2.56 bits per heavy atom. The van der Waals surface area contributed by atoms with Crippen molar-refractivity contribution in [2.75, 3.05) is 5.32 Å². The number of hydrogen-bond acceptors (Lipinski definition) is 3. The quantitative estimate of drug-likeness (QED) is 0.913. The Kier molecular flexibility index (Phi) is 3.47. The van der Waals surface area contributed by atoms with Gasteiger partial charge in [0.2, 0.25) is 0 Å². The van der Waals surface area contributed by atoms with E-state index < -0.39 is 5.97 Å². The van der Waals surface area contributed by atoms with Gasteiger partial charge in [0.15, 0.2) is 0 Å². The Hall–Kier alpha value is -2.08. The lowest BCUT2D eigenvalue weighted by Gasteiger charge is -2.06. The van der Waals surface area contributed by atoms with Crippen LogP contribution in [0, 0.1) is 0 Å². The molecule has 2 N–H and O–H groups in total. The molecule has 1 amide bonds. The van der Waals surface area contributed by atoms with E-state index in [1.807, 2.05) is 0 Å². The summed E-state index contributed by atoms with van der Waals surface area (Å²) in [6.07, 6.45) is 2.73. The van der Waals surface area contributed by atoms with E-state index in [1.54, 1.807) is 0 Å². The fourth-order valence-electron chi connectivity index (χ4n) is 1.34. The van der Waals surface area contributed by atoms with Crippen molar-refractivity contribution in [3.8, 4) is 0 Å². The molecule has 0 fully saturated rings. The average molecular weight is 310 g/mol. The van der Waals surface area contributed by atoms with E-state index in [0.29, 0.717) is 15.7 Å². The zero-order valence-corrected chi connectivity index (χ0v) is 10.6. The number of carbonyl (C=O) groups excluding carboxylic acids is 1. The Labute approximate surface area is 111 Å². The first-order chi connectivity index (χ1) is 8.58. The maximum absolute atomic E-state index is 11.7. The van der Waals surface area contributed by atoms with Crippen LogP contribution in [0.3, 0.4) is 0 Å². The minimum Gasteiger partial charge on any atom is -0.478 e. The number of anilines is 1. The topological polar surface area (TPSA) is 79.5 Å². The molecule has 5 nitrogen and oxygen atoms in total. The molecular formula is C12H8BrNO4. The molecule has 1 aromatic heterocycles. The van der Waals surface area contributed by atoms with E-state index in [-0.39, 0.29) is 11.5 Å². The third-order valence-electron chi connectivity index (χ3n) is 2.25. The fourth-order valence-corrected chi connectivity index (χ4v) is 1.82.